The van der Waals surface area contributed by atoms with E-state index in [4.69, 9.17) is 8.83 Å². The van der Waals surface area contributed by atoms with Crippen LogP contribution in [0.15, 0.2) is 50.7 Å². The molecule has 0 bridgehead atoms. The van der Waals surface area contributed by atoms with Gasteiger partial charge in [0.15, 0.2) is 0 Å². The minimum absolute atomic E-state index is 0.0414. The van der Waals surface area contributed by atoms with E-state index in [9.17, 15) is 14.9 Å². The lowest BCUT2D eigenvalue weighted by Gasteiger charge is -2.03. The predicted octanol–water partition coefficient (Wildman–Crippen LogP) is 3.28. The number of anilines is 1. The highest BCUT2D eigenvalue weighted by molar-refractivity contribution is 7.99. The van der Waals surface area contributed by atoms with Crippen LogP contribution in [-0.4, -0.2) is 26.8 Å². The zero-order valence-corrected chi connectivity index (χ0v) is 13.8. The molecule has 3 aromatic rings. The number of hydrogen-bond acceptors (Lipinski definition) is 8. The molecule has 2 heterocycles. The first-order valence-electron chi connectivity index (χ1n) is 7.08. The summed E-state index contributed by atoms with van der Waals surface area (Å²) in [5.74, 6) is 0.752. The Morgan fingerprint density at radius 1 is 1.28 bits per heavy atom. The summed E-state index contributed by atoms with van der Waals surface area (Å²) < 4.78 is 10.7. The molecule has 1 amide bonds. The van der Waals surface area contributed by atoms with Crippen LogP contribution in [0, 0.1) is 17.0 Å². The van der Waals surface area contributed by atoms with Crippen molar-refractivity contribution >= 4 is 29.0 Å². The summed E-state index contributed by atoms with van der Waals surface area (Å²) >= 11 is 1.09. The van der Waals surface area contributed by atoms with Crippen LogP contribution < -0.4 is 5.32 Å². The highest BCUT2D eigenvalue weighted by Gasteiger charge is 2.14. The molecule has 0 radical (unpaired) electrons. The second-order valence-corrected chi connectivity index (χ2v) is 5.83. The summed E-state index contributed by atoms with van der Waals surface area (Å²) in [4.78, 5) is 22.0. The lowest BCUT2D eigenvalue weighted by atomic mass is 10.3. The number of nitro groups is 1. The van der Waals surface area contributed by atoms with Gasteiger partial charge in [0, 0.05) is 17.8 Å². The summed E-state index contributed by atoms with van der Waals surface area (Å²) in [5.41, 5.74) is 1.13. The molecule has 0 fully saturated rings. The lowest BCUT2D eigenvalue weighted by Crippen LogP contribution is -2.13. The van der Waals surface area contributed by atoms with Crippen molar-refractivity contribution in [3.63, 3.8) is 0 Å². The monoisotopic (exact) mass is 360 g/mol. The van der Waals surface area contributed by atoms with Gasteiger partial charge in [-0.2, -0.15) is 0 Å². The SMILES string of the molecule is Cc1occc1-c1nnc(SCC(=O)Nc2ccc([N+](=O)[O-])cc2)o1. The van der Waals surface area contributed by atoms with Gasteiger partial charge in [0.1, 0.15) is 5.76 Å². The molecular formula is C15H12N4O5S. The van der Waals surface area contributed by atoms with Crippen LogP contribution in [0.1, 0.15) is 5.76 Å². The quantitative estimate of drug-likeness (QED) is 0.403. The van der Waals surface area contributed by atoms with Crippen molar-refractivity contribution < 1.29 is 18.6 Å². The van der Waals surface area contributed by atoms with E-state index in [0.29, 0.717) is 22.9 Å². The number of nitro benzene ring substituents is 1. The highest BCUT2D eigenvalue weighted by Crippen LogP contribution is 2.26. The van der Waals surface area contributed by atoms with Gasteiger partial charge in [-0.15, -0.1) is 10.2 Å². The third-order valence-corrected chi connectivity index (χ3v) is 4.00. The molecule has 25 heavy (non-hydrogen) atoms. The minimum Gasteiger partial charge on any atom is -0.469 e. The van der Waals surface area contributed by atoms with Gasteiger partial charge in [0.2, 0.25) is 5.91 Å². The molecule has 0 saturated carbocycles. The molecule has 3 rings (SSSR count). The number of carbonyl (C=O) groups excluding carboxylic acids is 1. The molecule has 0 aliphatic heterocycles. The van der Waals surface area contributed by atoms with E-state index in [1.165, 1.54) is 30.5 Å². The summed E-state index contributed by atoms with van der Waals surface area (Å²) in [6.07, 6.45) is 1.53. The number of carbonyl (C=O) groups is 1. The molecule has 9 nitrogen and oxygen atoms in total. The van der Waals surface area contributed by atoms with E-state index in [0.717, 1.165) is 11.8 Å². The Morgan fingerprint density at radius 2 is 2.04 bits per heavy atom. The molecule has 0 spiro atoms. The van der Waals surface area contributed by atoms with Gasteiger partial charge in [0.25, 0.3) is 16.8 Å². The molecule has 2 aromatic heterocycles. The van der Waals surface area contributed by atoms with Crippen molar-refractivity contribution in [1.29, 1.82) is 0 Å². The third-order valence-electron chi connectivity index (χ3n) is 3.18. The molecule has 0 aliphatic rings. The van der Waals surface area contributed by atoms with Crippen LogP contribution in [0.4, 0.5) is 11.4 Å². The average molecular weight is 360 g/mol. The minimum atomic E-state index is -0.504. The number of benzene rings is 1. The Kier molecular flexibility index (Phi) is 4.80. The zero-order chi connectivity index (χ0) is 17.8. The number of aromatic nitrogens is 2. The fraction of sp³-hybridized carbons (Fsp3) is 0.133. The van der Waals surface area contributed by atoms with Crippen molar-refractivity contribution in [3.05, 3.63) is 52.5 Å². The van der Waals surface area contributed by atoms with Crippen molar-refractivity contribution in [2.75, 3.05) is 11.1 Å². The summed E-state index contributed by atoms with van der Waals surface area (Å²) in [6, 6.07) is 7.29. The Bertz CT molecular complexity index is 903. The first kappa shape index (κ1) is 16.7. The normalized spacial score (nSPS) is 10.6. The van der Waals surface area contributed by atoms with Crippen molar-refractivity contribution in [1.82, 2.24) is 10.2 Å². The Hall–Kier alpha value is -3.14. The molecule has 1 N–H and O–H groups in total. The van der Waals surface area contributed by atoms with Crippen molar-refractivity contribution in [2.45, 2.75) is 12.1 Å². The largest absolute Gasteiger partial charge is 0.469 e. The number of amides is 1. The fourth-order valence-electron chi connectivity index (χ4n) is 1.97. The summed E-state index contributed by atoms with van der Waals surface area (Å²) in [7, 11) is 0. The lowest BCUT2D eigenvalue weighted by molar-refractivity contribution is -0.384. The Labute approximate surface area is 145 Å². The van der Waals surface area contributed by atoms with Gasteiger partial charge in [-0.25, -0.2) is 0 Å². The summed E-state index contributed by atoms with van der Waals surface area (Å²) in [5, 5.41) is 21.3. The van der Waals surface area contributed by atoms with E-state index in [1.54, 1.807) is 13.0 Å². The zero-order valence-electron chi connectivity index (χ0n) is 13.0. The van der Waals surface area contributed by atoms with E-state index in [-0.39, 0.29) is 22.6 Å². The first-order chi connectivity index (χ1) is 12.0. The Balaban J connectivity index is 1.55. The molecule has 10 heteroatoms. The molecule has 0 aliphatic carbocycles. The topological polar surface area (TPSA) is 124 Å². The van der Waals surface area contributed by atoms with E-state index < -0.39 is 4.92 Å². The number of nitrogens with one attached hydrogen (secondary N) is 1. The Morgan fingerprint density at radius 3 is 2.68 bits per heavy atom. The van der Waals surface area contributed by atoms with Gasteiger partial charge >= 0.3 is 0 Å². The molecule has 1 aromatic carbocycles. The predicted molar refractivity (Wildman–Crippen MR) is 89.2 cm³/mol. The van der Waals surface area contributed by atoms with Gasteiger partial charge in [0.05, 0.1) is 22.5 Å². The maximum Gasteiger partial charge on any atom is 0.277 e. The first-order valence-corrected chi connectivity index (χ1v) is 8.06. The van der Waals surface area contributed by atoms with Gasteiger partial charge in [-0.3, -0.25) is 14.9 Å². The van der Waals surface area contributed by atoms with Gasteiger partial charge in [-0.1, -0.05) is 11.8 Å². The number of furan rings is 1. The van der Waals surface area contributed by atoms with Gasteiger partial charge in [-0.05, 0) is 25.1 Å². The summed E-state index contributed by atoms with van der Waals surface area (Å²) in [6.45, 7) is 1.78. The standard InChI is InChI=1S/C15H12N4O5S/c1-9-12(6-7-23-9)14-17-18-15(24-14)25-8-13(20)16-10-2-4-11(5-3-10)19(21)22/h2-7H,8H2,1H3,(H,16,20). The number of rotatable bonds is 6. The number of thioether (sulfide) groups is 1. The van der Waals surface area contributed by atoms with Crippen LogP contribution in [-0.2, 0) is 4.79 Å². The smallest absolute Gasteiger partial charge is 0.277 e. The maximum absolute atomic E-state index is 11.9. The number of hydrogen-bond donors (Lipinski definition) is 1. The third kappa shape index (κ3) is 4.04. The molecule has 128 valence electrons. The number of nitrogens with zero attached hydrogens (tertiary/aromatic N) is 3. The van der Waals surface area contributed by atoms with Crippen LogP contribution in [0.2, 0.25) is 0 Å². The highest BCUT2D eigenvalue weighted by atomic mass is 32.2. The maximum atomic E-state index is 11.9. The molecule has 0 saturated heterocycles. The van der Waals surface area contributed by atoms with Crippen LogP contribution in [0.5, 0.6) is 0 Å². The average Bonchev–Trinajstić information content (AvgIpc) is 3.22. The molecule has 0 atom stereocenters. The van der Waals surface area contributed by atoms with Crippen LogP contribution in [0.3, 0.4) is 0 Å². The second-order valence-electron chi connectivity index (χ2n) is 4.90. The molecular weight excluding hydrogens is 348 g/mol. The molecule has 0 unspecified atom stereocenters. The van der Waals surface area contributed by atoms with E-state index in [2.05, 4.69) is 15.5 Å². The van der Waals surface area contributed by atoms with E-state index >= 15 is 0 Å². The number of aryl methyl sites for hydroxylation is 1. The second kappa shape index (κ2) is 7.18. The van der Waals surface area contributed by atoms with Crippen LogP contribution in [0.25, 0.3) is 11.5 Å². The fourth-order valence-corrected chi connectivity index (χ4v) is 2.54. The van der Waals surface area contributed by atoms with Crippen LogP contribution >= 0.6 is 11.8 Å². The van der Waals surface area contributed by atoms with Crippen molar-refractivity contribution in [3.8, 4) is 11.5 Å². The van der Waals surface area contributed by atoms with E-state index in [1.807, 2.05) is 0 Å². The van der Waals surface area contributed by atoms with Crippen molar-refractivity contribution in [2.24, 2.45) is 0 Å². The van der Waals surface area contributed by atoms with Gasteiger partial charge < -0.3 is 14.2 Å². The number of non-ortho nitro benzene ring substituents is 1.